The molecule has 2 rings (SSSR count). The predicted octanol–water partition coefficient (Wildman–Crippen LogP) is 2.36. The predicted molar refractivity (Wildman–Crippen MR) is 104 cm³/mol. The number of anilines is 1. The molecule has 0 spiro atoms. The molecule has 26 heavy (non-hydrogen) atoms. The van der Waals surface area contributed by atoms with Crippen molar-refractivity contribution in [1.82, 2.24) is 4.72 Å². The lowest BCUT2D eigenvalue weighted by Crippen LogP contribution is -2.38. The van der Waals surface area contributed by atoms with Crippen molar-refractivity contribution in [3.63, 3.8) is 0 Å². The zero-order valence-corrected chi connectivity index (χ0v) is 17.0. The summed E-state index contributed by atoms with van der Waals surface area (Å²) in [7, 11) is -7.23. The second-order valence-electron chi connectivity index (χ2n) is 6.31. The minimum absolute atomic E-state index is 0.00592. The van der Waals surface area contributed by atoms with E-state index in [2.05, 4.69) is 4.72 Å². The number of benzene rings is 2. The molecule has 0 saturated heterocycles. The van der Waals surface area contributed by atoms with E-state index in [9.17, 15) is 16.8 Å². The summed E-state index contributed by atoms with van der Waals surface area (Å²) in [6, 6.07) is 11.9. The summed E-state index contributed by atoms with van der Waals surface area (Å²) in [4.78, 5) is 0.168. The van der Waals surface area contributed by atoms with Crippen molar-refractivity contribution in [2.24, 2.45) is 0 Å². The first-order valence-electron chi connectivity index (χ1n) is 8.12. The minimum atomic E-state index is -3.70. The highest BCUT2D eigenvalue weighted by Crippen LogP contribution is 2.18. The molecule has 1 N–H and O–H groups in total. The largest absolute Gasteiger partial charge is 0.269 e. The number of hydrogen-bond acceptors (Lipinski definition) is 4. The van der Waals surface area contributed by atoms with Crippen LogP contribution in [0.5, 0.6) is 0 Å². The number of nitrogens with zero attached hydrogens (tertiary/aromatic N) is 1. The first kappa shape index (κ1) is 20.4. The van der Waals surface area contributed by atoms with Crippen LogP contribution in [0.3, 0.4) is 0 Å². The first-order valence-corrected chi connectivity index (χ1v) is 11.5. The van der Waals surface area contributed by atoms with Gasteiger partial charge in [0.05, 0.1) is 16.8 Å². The molecule has 0 aromatic heterocycles. The Labute approximate surface area is 156 Å². The van der Waals surface area contributed by atoms with E-state index in [4.69, 9.17) is 0 Å². The van der Waals surface area contributed by atoms with Crippen molar-refractivity contribution in [3.05, 3.63) is 59.2 Å². The average Bonchev–Trinajstić information content (AvgIpc) is 2.54. The van der Waals surface area contributed by atoms with Gasteiger partial charge in [0.2, 0.25) is 20.0 Å². The van der Waals surface area contributed by atoms with E-state index in [1.165, 1.54) is 4.31 Å². The summed E-state index contributed by atoms with van der Waals surface area (Å²) in [6.45, 7) is 5.64. The minimum Gasteiger partial charge on any atom is -0.269 e. The van der Waals surface area contributed by atoms with Gasteiger partial charge in [-0.25, -0.2) is 21.6 Å². The number of sulfonamides is 2. The van der Waals surface area contributed by atoms with Crippen LogP contribution in [0.15, 0.2) is 47.4 Å². The van der Waals surface area contributed by atoms with Crippen LogP contribution in [0.2, 0.25) is 0 Å². The summed E-state index contributed by atoms with van der Waals surface area (Å²) >= 11 is 0. The van der Waals surface area contributed by atoms with Crippen molar-refractivity contribution in [2.75, 3.05) is 23.7 Å². The van der Waals surface area contributed by atoms with Crippen LogP contribution in [-0.4, -0.2) is 36.2 Å². The standard InChI is InChI=1S/C18H24N2O4S2/c1-14-5-8-17(9-6-14)20(25(4,21)22)12-11-19-26(23,24)18-10-7-15(2)16(3)13-18/h5-10,13,19H,11-12H2,1-4H3. The Balaban J connectivity index is 2.14. The number of aryl methyl sites for hydroxylation is 3. The van der Waals surface area contributed by atoms with Crippen LogP contribution in [0.25, 0.3) is 0 Å². The lowest BCUT2D eigenvalue weighted by molar-refractivity contribution is 0.578. The van der Waals surface area contributed by atoms with Gasteiger partial charge in [-0.15, -0.1) is 0 Å². The molecule has 2 aromatic rings. The molecule has 2 aromatic carbocycles. The van der Waals surface area contributed by atoms with Gasteiger partial charge in [-0.1, -0.05) is 23.8 Å². The zero-order chi connectivity index (χ0) is 19.5. The highest BCUT2D eigenvalue weighted by Gasteiger charge is 2.19. The Morgan fingerprint density at radius 2 is 1.50 bits per heavy atom. The van der Waals surface area contributed by atoms with Gasteiger partial charge in [0.25, 0.3) is 0 Å². The summed E-state index contributed by atoms with van der Waals surface area (Å²) in [5.41, 5.74) is 3.40. The highest BCUT2D eigenvalue weighted by molar-refractivity contribution is 7.92. The summed E-state index contributed by atoms with van der Waals surface area (Å²) < 4.78 is 52.7. The van der Waals surface area contributed by atoms with Crippen LogP contribution in [0, 0.1) is 20.8 Å². The highest BCUT2D eigenvalue weighted by atomic mass is 32.2. The van der Waals surface area contributed by atoms with Gasteiger partial charge in [0.15, 0.2) is 0 Å². The van der Waals surface area contributed by atoms with E-state index in [0.29, 0.717) is 5.69 Å². The average molecular weight is 397 g/mol. The smallest absolute Gasteiger partial charge is 0.240 e. The van der Waals surface area contributed by atoms with Gasteiger partial charge in [-0.05, 0) is 56.2 Å². The lowest BCUT2D eigenvalue weighted by atomic mass is 10.1. The van der Waals surface area contributed by atoms with E-state index < -0.39 is 20.0 Å². The first-order chi connectivity index (χ1) is 12.0. The van der Waals surface area contributed by atoms with E-state index in [1.54, 1.807) is 30.3 Å². The van der Waals surface area contributed by atoms with Gasteiger partial charge in [-0.3, -0.25) is 4.31 Å². The third-order valence-corrected chi connectivity index (χ3v) is 6.77. The van der Waals surface area contributed by atoms with Crippen LogP contribution >= 0.6 is 0 Å². The number of rotatable bonds is 7. The molecule has 0 aliphatic carbocycles. The lowest BCUT2D eigenvalue weighted by Gasteiger charge is -2.22. The van der Waals surface area contributed by atoms with Crippen LogP contribution in [0.1, 0.15) is 16.7 Å². The maximum Gasteiger partial charge on any atom is 0.240 e. The number of nitrogens with one attached hydrogen (secondary N) is 1. The Bertz CT molecular complexity index is 982. The zero-order valence-electron chi connectivity index (χ0n) is 15.4. The molecule has 0 saturated carbocycles. The molecular formula is C18H24N2O4S2. The fourth-order valence-electron chi connectivity index (χ4n) is 2.44. The van der Waals surface area contributed by atoms with Crippen molar-refractivity contribution in [3.8, 4) is 0 Å². The molecule has 0 bridgehead atoms. The fraction of sp³-hybridized carbons (Fsp3) is 0.333. The SMILES string of the molecule is Cc1ccc(N(CCNS(=O)(=O)c2ccc(C)c(C)c2)S(C)(=O)=O)cc1. The molecule has 0 radical (unpaired) electrons. The molecule has 0 unspecified atom stereocenters. The molecule has 0 fully saturated rings. The van der Waals surface area contributed by atoms with E-state index in [1.807, 2.05) is 32.9 Å². The summed E-state index contributed by atoms with van der Waals surface area (Å²) in [5.74, 6) is 0. The third kappa shape index (κ3) is 5.06. The molecule has 8 heteroatoms. The maximum atomic E-state index is 12.4. The molecule has 142 valence electrons. The van der Waals surface area contributed by atoms with Crippen LogP contribution in [-0.2, 0) is 20.0 Å². The second kappa shape index (κ2) is 7.77. The Kier molecular flexibility index (Phi) is 6.10. The topological polar surface area (TPSA) is 83.6 Å². The Hall–Kier alpha value is -1.90. The molecule has 0 heterocycles. The molecule has 0 aliphatic rings. The molecule has 0 aliphatic heterocycles. The van der Waals surface area contributed by atoms with Crippen molar-refractivity contribution in [1.29, 1.82) is 0 Å². The Morgan fingerprint density at radius 1 is 0.885 bits per heavy atom. The van der Waals surface area contributed by atoms with Gasteiger partial charge >= 0.3 is 0 Å². The number of hydrogen-bond donors (Lipinski definition) is 1. The monoisotopic (exact) mass is 396 g/mol. The normalized spacial score (nSPS) is 12.2. The van der Waals surface area contributed by atoms with Gasteiger partial charge in [-0.2, -0.15) is 0 Å². The van der Waals surface area contributed by atoms with E-state index in [0.717, 1.165) is 22.9 Å². The van der Waals surface area contributed by atoms with Gasteiger partial charge < -0.3 is 0 Å². The molecule has 6 nitrogen and oxygen atoms in total. The summed E-state index contributed by atoms with van der Waals surface area (Å²) in [5, 5.41) is 0. The van der Waals surface area contributed by atoms with Gasteiger partial charge in [0.1, 0.15) is 0 Å². The van der Waals surface area contributed by atoms with Crippen LogP contribution < -0.4 is 9.03 Å². The molecular weight excluding hydrogens is 372 g/mol. The summed E-state index contributed by atoms with van der Waals surface area (Å²) in [6.07, 6.45) is 1.10. The van der Waals surface area contributed by atoms with Crippen molar-refractivity contribution < 1.29 is 16.8 Å². The van der Waals surface area contributed by atoms with Crippen molar-refractivity contribution >= 4 is 25.7 Å². The second-order valence-corrected chi connectivity index (χ2v) is 9.99. The van der Waals surface area contributed by atoms with Crippen LogP contribution in [0.4, 0.5) is 5.69 Å². The Morgan fingerprint density at radius 3 is 2.04 bits per heavy atom. The maximum absolute atomic E-state index is 12.4. The molecule has 0 atom stereocenters. The molecule has 0 amide bonds. The quantitative estimate of drug-likeness (QED) is 0.779. The van der Waals surface area contributed by atoms with E-state index in [-0.39, 0.29) is 18.0 Å². The van der Waals surface area contributed by atoms with Crippen molar-refractivity contribution in [2.45, 2.75) is 25.7 Å². The third-order valence-electron chi connectivity index (χ3n) is 4.12. The fourth-order valence-corrected chi connectivity index (χ4v) is 4.48. The van der Waals surface area contributed by atoms with E-state index >= 15 is 0 Å². The van der Waals surface area contributed by atoms with Gasteiger partial charge in [0, 0.05) is 13.1 Å².